The average molecular weight is 355 g/mol. The van der Waals surface area contributed by atoms with E-state index in [1.165, 1.54) is 18.4 Å². The molecule has 0 fully saturated rings. The molecule has 0 spiro atoms. The van der Waals surface area contributed by atoms with Crippen LogP contribution in [0, 0.1) is 0 Å². The molecule has 5 nitrogen and oxygen atoms in total. The van der Waals surface area contributed by atoms with Crippen molar-refractivity contribution in [3.63, 3.8) is 0 Å². The molecule has 1 atom stereocenters. The molecule has 7 heteroatoms. The fourth-order valence-electron chi connectivity index (χ4n) is 1.94. The lowest BCUT2D eigenvalue weighted by molar-refractivity contribution is -0.0753. The van der Waals surface area contributed by atoms with Crippen molar-refractivity contribution in [3.8, 4) is 10.8 Å². The van der Waals surface area contributed by atoms with Crippen molar-refractivity contribution in [2.45, 2.75) is 6.29 Å². The van der Waals surface area contributed by atoms with Gasteiger partial charge in [-0.25, -0.2) is 4.98 Å². The van der Waals surface area contributed by atoms with E-state index in [4.69, 9.17) is 4.74 Å². The topological polar surface area (TPSA) is 67.5 Å². The minimum absolute atomic E-state index is 0.0104. The van der Waals surface area contributed by atoms with Crippen LogP contribution in [0.3, 0.4) is 0 Å². The van der Waals surface area contributed by atoms with Gasteiger partial charge in [-0.1, -0.05) is 15.9 Å². The zero-order valence-electron chi connectivity index (χ0n) is 10.4. The van der Waals surface area contributed by atoms with E-state index >= 15 is 0 Å². The van der Waals surface area contributed by atoms with Gasteiger partial charge in [-0.3, -0.25) is 4.57 Å². The summed E-state index contributed by atoms with van der Waals surface area (Å²) in [5.41, 5.74) is 1.77. The number of nitrogens with zero attached hydrogens (tertiary/aromatic N) is 2. The van der Waals surface area contributed by atoms with Crippen molar-refractivity contribution in [3.05, 3.63) is 39.9 Å². The molecule has 0 aliphatic heterocycles. The highest BCUT2D eigenvalue weighted by molar-refractivity contribution is 9.10. The van der Waals surface area contributed by atoms with Crippen LogP contribution in [0.1, 0.15) is 11.2 Å². The number of fused-ring (bicyclic) bond motifs is 1. The number of methoxy groups -OCH3 is 1. The molecule has 0 amide bonds. The molecule has 0 saturated heterocycles. The van der Waals surface area contributed by atoms with E-state index in [9.17, 15) is 10.2 Å². The Morgan fingerprint density at radius 3 is 2.95 bits per heavy atom. The number of aliphatic hydroxyl groups excluding tert-OH is 1. The molecule has 0 radical (unpaired) electrons. The summed E-state index contributed by atoms with van der Waals surface area (Å²) >= 11 is 4.68. The molecular weight excluding hydrogens is 344 g/mol. The maximum absolute atomic E-state index is 9.89. The van der Waals surface area contributed by atoms with Crippen molar-refractivity contribution in [1.29, 1.82) is 0 Å². The van der Waals surface area contributed by atoms with Gasteiger partial charge in [0.15, 0.2) is 6.29 Å². The Kier molecular flexibility index (Phi) is 3.51. The number of thiophene rings is 1. The van der Waals surface area contributed by atoms with E-state index in [0.717, 1.165) is 20.5 Å². The second kappa shape index (κ2) is 5.17. The van der Waals surface area contributed by atoms with Crippen LogP contribution in [-0.2, 0) is 4.74 Å². The standard InChI is InChI=1S/C13H11BrN2O3S/c1-19-13(18)12-10(17)5-11(20-12)16-6-15-8-3-2-7(14)4-9(8)16/h2-6,13,17-18H,1H3. The van der Waals surface area contributed by atoms with Gasteiger partial charge >= 0.3 is 0 Å². The molecule has 2 aromatic heterocycles. The van der Waals surface area contributed by atoms with Crippen molar-refractivity contribution in [1.82, 2.24) is 9.55 Å². The summed E-state index contributed by atoms with van der Waals surface area (Å²) < 4.78 is 7.63. The van der Waals surface area contributed by atoms with E-state index < -0.39 is 6.29 Å². The first-order valence-corrected chi connectivity index (χ1v) is 7.37. The zero-order chi connectivity index (χ0) is 14.3. The predicted octanol–water partition coefficient (Wildman–Crippen LogP) is 3.19. The van der Waals surface area contributed by atoms with Gasteiger partial charge in [0.25, 0.3) is 0 Å². The first kappa shape index (κ1) is 13.6. The molecule has 2 N–H and O–H groups in total. The van der Waals surface area contributed by atoms with E-state index in [2.05, 4.69) is 20.9 Å². The highest BCUT2D eigenvalue weighted by atomic mass is 79.9. The Morgan fingerprint density at radius 1 is 1.40 bits per heavy atom. The molecule has 0 aliphatic rings. The van der Waals surface area contributed by atoms with E-state index in [1.54, 1.807) is 12.4 Å². The third-order valence-electron chi connectivity index (χ3n) is 2.92. The van der Waals surface area contributed by atoms with Crippen LogP contribution in [-0.4, -0.2) is 26.9 Å². The lowest BCUT2D eigenvalue weighted by Gasteiger charge is -2.05. The Labute approximate surface area is 127 Å². The number of imidazole rings is 1. The van der Waals surface area contributed by atoms with Gasteiger partial charge in [-0.15, -0.1) is 11.3 Å². The molecule has 1 unspecified atom stereocenters. The number of hydrogen-bond acceptors (Lipinski definition) is 5. The first-order chi connectivity index (χ1) is 9.60. The normalized spacial score (nSPS) is 12.9. The number of aromatic hydroxyl groups is 1. The Morgan fingerprint density at radius 2 is 2.20 bits per heavy atom. The van der Waals surface area contributed by atoms with Crippen LogP contribution in [0.5, 0.6) is 5.75 Å². The largest absolute Gasteiger partial charge is 0.507 e. The summed E-state index contributed by atoms with van der Waals surface area (Å²) in [5, 5.41) is 20.3. The van der Waals surface area contributed by atoms with Crippen LogP contribution in [0.4, 0.5) is 0 Å². The average Bonchev–Trinajstić information content (AvgIpc) is 3.01. The summed E-state index contributed by atoms with van der Waals surface area (Å²) in [6, 6.07) is 7.37. The van der Waals surface area contributed by atoms with Gasteiger partial charge in [0.1, 0.15) is 22.0 Å². The van der Waals surface area contributed by atoms with Crippen LogP contribution < -0.4 is 0 Å². The minimum Gasteiger partial charge on any atom is -0.507 e. The molecular formula is C13H11BrN2O3S. The van der Waals surface area contributed by atoms with Gasteiger partial charge in [0.05, 0.1) is 11.0 Å². The predicted molar refractivity (Wildman–Crippen MR) is 80.3 cm³/mol. The molecule has 0 aliphatic carbocycles. The smallest absolute Gasteiger partial charge is 0.194 e. The van der Waals surface area contributed by atoms with Gasteiger partial charge in [0.2, 0.25) is 0 Å². The van der Waals surface area contributed by atoms with Crippen molar-refractivity contribution < 1.29 is 14.9 Å². The summed E-state index contributed by atoms with van der Waals surface area (Å²) in [7, 11) is 1.38. The molecule has 0 bridgehead atoms. The van der Waals surface area contributed by atoms with E-state index in [0.29, 0.717) is 4.88 Å². The number of ether oxygens (including phenoxy) is 1. The van der Waals surface area contributed by atoms with Crippen LogP contribution in [0.25, 0.3) is 16.0 Å². The van der Waals surface area contributed by atoms with E-state index in [-0.39, 0.29) is 5.75 Å². The van der Waals surface area contributed by atoms with Crippen LogP contribution >= 0.6 is 27.3 Å². The highest BCUT2D eigenvalue weighted by Gasteiger charge is 2.18. The lowest BCUT2D eigenvalue weighted by Crippen LogP contribution is -1.96. The number of rotatable bonds is 3. The number of halogens is 1. The third kappa shape index (κ3) is 2.22. The highest BCUT2D eigenvalue weighted by Crippen LogP contribution is 2.37. The van der Waals surface area contributed by atoms with Gasteiger partial charge in [0, 0.05) is 17.6 Å². The summed E-state index contributed by atoms with van der Waals surface area (Å²) in [6.07, 6.45) is 0.556. The number of benzene rings is 1. The van der Waals surface area contributed by atoms with E-state index in [1.807, 2.05) is 22.8 Å². The maximum atomic E-state index is 9.89. The maximum Gasteiger partial charge on any atom is 0.194 e. The number of aromatic nitrogens is 2. The third-order valence-corrected chi connectivity index (χ3v) is 4.57. The summed E-state index contributed by atoms with van der Waals surface area (Å²) in [4.78, 5) is 4.69. The SMILES string of the molecule is COC(O)c1sc(-n2cnc3ccc(Br)cc32)cc1O. The first-order valence-electron chi connectivity index (χ1n) is 5.76. The van der Waals surface area contributed by atoms with Gasteiger partial charge < -0.3 is 14.9 Å². The second-order valence-corrected chi connectivity index (χ2v) is 6.15. The van der Waals surface area contributed by atoms with Gasteiger partial charge in [-0.2, -0.15) is 0 Å². The fraction of sp³-hybridized carbons (Fsp3) is 0.154. The summed E-state index contributed by atoms with van der Waals surface area (Å²) in [5.74, 6) is 0.0104. The number of aliphatic hydroxyl groups is 1. The molecule has 1 aromatic carbocycles. The van der Waals surface area contributed by atoms with Crippen LogP contribution in [0.15, 0.2) is 35.1 Å². The molecule has 0 saturated carbocycles. The quantitative estimate of drug-likeness (QED) is 0.708. The minimum atomic E-state index is -1.13. The molecule has 2 heterocycles. The van der Waals surface area contributed by atoms with Gasteiger partial charge in [-0.05, 0) is 18.2 Å². The molecule has 3 rings (SSSR count). The Hall–Kier alpha value is -1.41. The Balaban J connectivity index is 2.14. The second-order valence-electron chi connectivity index (χ2n) is 4.17. The number of hydrogen-bond donors (Lipinski definition) is 2. The van der Waals surface area contributed by atoms with Crippen molar-refractivity contribution in [2.75, 3.05) is 7.11 Å². The van der Waals surface area contributed by atoms with Crippen molar-refractivity contribution >= 4 is 38.3 Å². The van der Waals surface area contributed by atoms with Crippen molar-refractivity contribution in [2.24, 2.45) is 0 Å². The van der Waals surface area contributed by atoms with Crippen LogP contribution in [0.2, 0.25) is 0 Å². The Bertz CT molecular complexity index is 768. The monoisotopic (exact) mass is 354 g/mol. The lowest BCUT2D eigenvalue weighted by atomic mass is 10.3. The summed E-state index contributed by atoms with van der Waals surface area (Å²) in [6.45, 7) is 0. The fourth-order valence-corrected chi connectivity index (χ4v) is 3.29. The molecule has 3 aromatic rings. The molecule has 20 heavy (non-hydrogen) atoms. The molecule has 104 valence electrons. The zero-order valence-corrected chi connectivity index (χ0v) is 12.8.